The predicted molar refractivity (Wildman–Crippen MR) is 103 cm³/mol. The fraction of sp³-hybridized carbons (Fsp3) is 0.182. The minimum Gasteiger partial charge on any atom is -0.458 e. The van der Waals surface area contributed by atoms with E-state index in [1.54, 1.807) is 0 Å². The fourth-order valence-corrected chi connectivity index (χ4v) is 4.15. The molecule has 0 saturated carbocycles. The van der Waals surface area contributed by atoms with Crippen molar-refractivity contribution in [2.75, 3.05) is 0 Å². The van der Waals surface area contributed by atoms with Gasteiger partial charge in [-0.1, -0.05) is 24.3 Å². The second-order valence-corrected chi connectivity index (χ2v) is 7.30. The molecule has 0 fully saturated rings. The third-order valence-electron chi connectivity index (χ3n) is 5.31. The van der Waals surface area contributed by atoms with Crippen molar-refractivity contribution in [1.82, 2.24) is 0 Å². The summed E-state index contributed by atoms with van der Waals surface area (Å²) in [5.74, 6) is 3.83. The van der Waals surface area contributed by atoms with Crippen molar-refractivity contribution < 1.29 is 9.47 Å². The molecule has 0 atom stereocenters. The molecular formula is C22H19BO2. The second-order valence-electron chi connectivity index (χ2n) is 7.30. The fourth-order valence-electron chi connectivity index (χ4n) is 4.15. The van der Waals surface area contributed by atoms with Crippen molar-refractivity contribution in [2.45, 2.75) is 27.7 Å². The molecule has 122 valence electrons. The van der Waals surface area contributed by atoms with Gasteiger partial charge in [-0.3, -0.25) is 0 Å². The molecule has 0 amide bonds. The summed E-state index contributed by atoms with van der Waals surface area (Å²) in [5, 5.41) is 0. The predicted octanol–water partition coefficient (Wildman–Crippen LogP) is 3.65. The van der Waals surface area contributed by atoms with Crippen molar-refractivity contribution in [3.8, 4) is 23.0 Å². The molecule has 3 aromatic carbocycles. The first kappa shape index (κ1) is 14.6. The van der Waals surface area contributed by atoms with Gasteiger partial charge >= 0.3 is 0 Å². The molecule has 2 heterocycles. The first-order valence-electron chi connectivity index (χ1n) is 8.74. The topological polar surface area (TPSA) is 18.5 Å². The van der Waals surface area contributed by atoms with Crippen LogP contribution in [0.25, 0.3) is 0 Å². The third-order valence-corrected chi connectivity index (χ3v) is 5.31. The maximum absolute atomic E-state index is 6.35. The summed E-state index contributed by atoms with van der Waals surface area (Å²) in [4.78, 5) is 0. The molecule has 2 nitrogen and oxygen atoms in total. The standard InChI is InChI=1S/C22H19BO2/c1-12-5-7-16-18(9-12)24-21-14(3)11-15(4)22-20(21)23(16)17-8-6-13(2)10-19(17)25-22/h5-11H,1-4H3. The molecule has 3 aromatic rings. The van der Waals surface area contributed by atoms with Gasteiger partial charge in [0.15, 0.2) is 0 Å². The van der Waals surface area contributed by atoms with Gasteiger partial charge in [0.1, 0.15) is 23.0 Å². The number of benzene rings is 3. The van der Waals surface area contributed by atoms with Crippen LogP contribution in [0.5, 0.6) is 23.0 Å². The molecule has 3 heteroatoms. The molecule has 0 aliphatic carbocycles. The molecule has 5 rings (SSSR count). The zero-order valence-electron chi connectivity index (χ0n) is 14.9. The first-order chi connectivity index (χ1) is 12.0. The highest BCUT2D eigenvalue weighted by molar-refractivity contribution is 6.98. The molecule has 0 N–H and O–H groups in total. The SMILES string of the molecule is Cc1ccc2c(c1)Oc1c(C)cc(C)c3c1B2c1ccc(C)cc1O3. The van der Waals surface area contributed by atoms with Crippen LogP contribution in [0.15, 0.2) is 42.5 Å². The summed E-state index contributed by atoms with van der Waals surface area (Å²) < 4.78 is 12.7. The van der Waals surface area contributed by atoms with E-state index in [1.165, 1.54) is 27.5 Å². The van der Waals surface area contributed by atoms with Gasteiger partial charge in [0.2, 0.25) is 0 Å². The number of ether oxygens (including phenoxy) is 2. The van der Waals surface area contributed by atoms with E-state index in [0.717, 1.165) is 34.1 Å². The van der Waals surface area contributed by atoms with E-state index < -0.39 is 0 Å². The van der Waals surface area contributed by atoms with Crippen LogP contribution in [-0.4, -0.2) is 6.71 Å². The summed E-state index contributed by atoms with van der Waals surface area (Å²) in [7, 11) is 0. The minimum atomic E-state index is 0.164. The average molecular weight is 326 g/mol. The van der Waals surface area contributed by atoms with Gasteiger partial charge in [0.05, 0.1) is 0 Å². The monoisotopic (exact) mass is 326 g/mol. The number of hydrogen-bond acceptors (Lipinski definition) is 2. The Morgan fingerprint density at radius 2 is 1.12 bits per heavy atom. The molecule has 0 unspecified atom stereocenters. The van der Waals surface area contributed by atoms with Crippen LogP contribution in [0.1, 0.15) is 22.3 Å². The van der Waals surface area contributed by atoms with E-state index in [9.17, 15) is 0 Å². The van der Waals surface area contributed by atoms with E-state index in [-0.39, 0.29) is 6.71 Å². The van der Waals surface area contributed by atoms with Crippen LogP contribution >= 0.6 is 0 Å². The normalized spacial score (nSPS) is 13.4. The Kier molecular flexibility index (Phi) is 2.88. The van der Waals surface area contributed by atoms with Gasteiger partial charge in [-0.05, 0) is 79.1 Å². The van der Waals surface area contributed by atoms with Gasteiger partial charge in [0.25, 0.3) is 6.71 Å². The molecule has 0 saturated heterocycles. The molecule has 0 radical (unpaired) electrons. The lowest BCUT2D eigenvalue weighted by Gasteiger charge is -2.34. The Morgan fingerprint density at radius 3 is 1.60 bits per heavy atom. The number of rotatable bonds is 0. The average Bonchev–Trinajstić information content (AvgIpc) is 2.58. The Labute approximate surface area is 148 Å². The lowest BCUT2D eigenvalue weighted by molar-refractivity contribution is 0.459. The summed E-state index contributed by atoms with van der Waals surface area (Å²) >= 11 is 0. The molecule has 2 aliphatic heterocycles. The zero-order chi connectivity index (χ0) is 17.3. The van der Waals surface area contributed by atoms with Crippen molar-refractivity contribution in [3.63, 3.8) is 0 Å². The van der Waals surface area contributed by atoms with E-state index in [4.69, 9.17) is 9.47 Å². The lowest BCUT2D eigenvalue weighted by atomic mass is 9.34. The number of fused-ring (bicyclic) bond motifs is 4. The van der Waals surface area contributed by atoms with Gasteiger partial charge in [-0.15, -0.1) is 0 Å². The number of aryl methyl sites for hydroxylation is 4. The summed E-state index contributed by atoms with van der Waals surface area (Å²) in [6, 6.07) is 15.2. The van der Waals surface area contributed by atoms with E-state index in [2.05, 4.69) is 70.2 Å². The highest BCUT2D eigenvalue weighted by Gasteiger charge is 2.41. The Balaban J connectivity index is 1.88. The maximum atomic E-state index is 6.35. The highest BCUT2D eigenvalue weighted by Crippen LogP contribution is 2.38. The molecule has 2 aliphatic rings. The summed E-state index contributed by atoms with van der Waals surface area (Å²) in [5.41, 5.74) is 8.35. The van der Waals surface area contributed by atoms with Crippen LogP contribution in [0.4, 0.5) is 0 Å². The molecule has 0 bridgehead atoms. The van der Waals surface area contributed by atoms with Crippen LogP contribution in [0.3, 0.4) is 0 Å². The van der Waals surface area contributed by atoms with E-state index in [0.29, 0.717) is 0 Å². The van der Waals surface area contributed by atoms with Crippen molar-refractivity contribution in [1.29, 1.82) is 0 Å². The largest absolute Gasteiger partial charge is 0.458 e. The van der Waals surface area contributed by atoms with Crippen molar-refractivity contribution >= 4 is 23.1 Å². The maximum Gasteiger partial charge on any atom is 0.260 e. The van der Waals surface area contributed by atoms with Crippen LogP contribution in [0.2, 0.25) is 0 Å². The van der Waals surface area contributed by atoms with Crippen LogP contribution in [0, 0.1) is 27.7 Å². The minimum absolute atomic E-state index is 0.164. The highest BCUT2D eigenvalue weighted by atomic mass is 16.5. The Morgan fingerprint density at radius 1 is 0.640 bits per heavy atom. The van der Waals surface area contributed by atoms with Gasteiger partial charge in [-0.25, -0.2) is 0 Å². The smallest absolute Gasteiger partial charge is 0.260 e. The molecular weight excluding hydrogens is 307 g/mol. The van der Waals surface area contributed by atoms with Crippen LogP contribution in [-0.2, 0) is 0 Å². The molecule has 0 aromatic heterocycles. The van der Waals surface area contributed by atoms with Crippen molar-refractivity contribution in [2.24, 2.45) is 0 Å². The van der Waals surface area contributed by atoms with E-state index in [1.807, 2.05) is 0 Å². The second kappa shape index (κ2) is 4.92. The quantitative estimate of drug-likeness (QED) is 0.405. The summed E-state index contributed by atoms with van der Waals surface area (Å²) in [6.45, 7) is 8.61. The molecule has 0 spiro atoms. The zero-order valence-corrected chi connectivity index (χ0v) is 14.9. The van der Waals surface area contributed by atoms with Crippen molar-refractivity contribution in [3.05, 3.63) is 64.7 Å². The number of hydrogen-bond donors (Lipinski definition) is 0. The van der Waals surface area contributed by atoms with E-state index >= 15 is 0 Å². The Bertz CT molecular complexity index is 973. The molecule has 25 heavy (non-hydrogen) atoms. The van der Waals surface area contributed by atoms with Gasteiger partial charge in [0, 0.05) is 5.46 Å². The van der Waals surface area contributed by atoms with Gasteiger partial charge in [-0.2, -0.15) is 0 Å². The van der Waals surface area contributed by atoms with Gasteiger partial charge < -0.3 is 9.47 Å². The summed E-state index contributed by atoms with van der Waals surface area (Å²) in [6.07, 6.45) is 0. The third kappa shape index (κ3) is 1.99. The Hall–Kier alpha value is -2.68. The first-order valence-corrected chi connectivity index (χ1v) is 8.74. The lowest BCUT2D eigenvalue weighted by Crippen LogP contribution is -2.57. The van der Waals surface area contributed by atoms with Crippen LogP contribution < -0.4 is 25.9 Å².